The number of ketones is 1. The molecule has 1 saturated carbocycles. The maximum Gasteiger partial charge on any atom is 0.136 e. The lowest BCUT2D eigenvalue weighted by atomic mass is 9.99. The second-order valence-electron chi connectivity index (χ2n) is 3.75. The van der Waals surface area contributed by atoms with Gasteiger partial charge in [0.1, 0.15) is 5.78 Å². The van der Waals surface area contributed by atoms with Crippen molar-refractivity contribution in [3.05, 3.63) is 0 Å². The van der Waals surface area contributed by atoms with Crippen LogP contribution in [0.3, 0.4) is 0 Å². The first-order valence-corrected chi connectivity index (χ1v) is 6.60. The van der Waals surface area contributed by atoms with E-state index in [0.29, 0.717) is 11.7 Å². The molecule has 0 bridgehead atoms. The standard InChI is InChI=1S/C11H20OS/c1-2-13-9-5-8-11(12)10-6-3-4-7-10/h10H,2-9H2,1H3. The molecule has 1 nitrogen and oxygen atoms in total. The number of carbonyl (C=O) groups excluding carboxylic acids is 1. The summed E-state index contributed by atoms with van der Waals surface area (Å²) in [7, 11) is 0. The highest BCUT2D eigenvalue weighted by Gasteiger charge is 2.21. The highest BCUT2D eigenvalue weighted by molar-refractivity contribution is 7.99. The summed E-state index contributed by atoms with van der Waals surface area (Å²) in [5, 5.41) is 0. The van der Waals surface area contributed by atoms with Crippen LogP contribution in [0, 0.1) is 5.92 Å². The van der Waals surface area contributed by atoms with Crippen molar-refractivity contribution in [3.63, 3.8) is 0 Å². The van der Waals surface area contributed by atoms with Crippen LogP contribution >= 0.6 is 11.8 Å². The van der Waals surface area contributed by atoms with Crippen molar-refractivity contribution in [3.8, 4) is 0 Å². The summed E-state index contributed by atoms with van der Waals surface area (Å²) in [5.41, 5.74) is 0. The lowest BCUT2D eigenvalue weighted by molar-refractivity contribution is -0.122. The molecule has 13 heavy (non-hydrogen) atoms. The Balaban J connectivity index is 2.03. The van der Waals surface area contributed by atoms with Gasteiger partial charge in [-0.1, -0.05) is 19.8 Å². The number of rotatable bonds is 6. The Hall–Kier alpha value is 0.0200. The highest BCUT2D eigenvalue weighted by Crippen LogP contribution is 2.26. The first-order chi connectivity index (χ1) is 6.34. The molecule has 0 N–H and O–H groups in total. The van der Waals surface area contributed by atoms with Gasteiger partial charge in [-0.15, -0.1) is 0 Å². The zero-order chi connectivity index (χ0) is 9.52. The van der Waals surface area contributed by atoms with Crippen LogP contribution in [-0.4, -0.2) is 17.3 Å². The van der Waals surface area contributed by atoms with Crippen LogP contribution in [0.4, 0.5) is 0 Å². The van der Waals surface area contributed by atoms with Crippen molar-refractivity contribution in [2.24, 2.45) is 5.92 Å². The van der Waals surface area contributed by atoms with Crippen LogP contribution < -0.4 is 0 Å². The van der Waals surface area contributed by atoms with Crippen LogP contribution in [-0.2, 0) is 4.79 Å². The van der Waals surface area contributed by atoms with Crippen molar-refractivity contribution >= 4 is 17.5 Å². The fourth-order valence-electron chi connectivity index (χ4n) is 1.94. The molecular formula is C11H20OS. The minimum Gasteiger partial charge on any atom is -0.299 e. The molecule has 0 aliphatic heterocycles. The van der Waals surface area contributed by atoms with Crippen molar-refractivity contribution in [1.82, 2.24) is 0 Å². The summed E-state index contributed by atoms with van der Waals surface area (Å²) in [5.74, 6) is 3.31. The molecule has 0 radical (unpaired) electrons. The largest absolute Gasteiger partial charge is 0.299 e. The maximum absolute atomic E-state index is 11.6. The van der Waals surface area contributed by atoms with Crippen molar-refractivity contribution in [2.45, 2.75) is 45.4 Å². The van der Waals surface area contributed by atoms with Crippen LogP contribution in [0.2, 0.25) is 0 Å². The summed E-state index contributed by atoms with van der Waals surface area (Å²) < 4.78 is 0. The Morgan fingerprint density at radius 1 is 1.38 bits per heavy atom. The third-order valence-electron chi connectivity index (χ3n) is 2.73. The number of Topliss-reactive ketones (excluding diaryl/α,β-unsaturated/α-hetero) is 1. The second-order valence-corrected chi connectivity index (χ2v) is 5.14. The Morgan fingerprint density at radius 2 is 2.08 bits per heavy atom. The third kappa shape index (κ3) is 4.17. The predicted molar refractivity (Wildman–Crippen MR) is 59.2 cm³/mol. The molecule has 0 unspecified atom stereocenters. The fourth-order valence-corrected chi connectivity index (χ4v) is 2.58. The van der Waals surface area contributed by atoms with E-state index in [2.05, 4.69) is 6.92 Å². The SMILES string of the molecule is CCSCCCC(=O)C1CCCC1. The van der Waals surface area contributed by atoms with Gasteiger partial charge in [-0.3, -0.25) is 4.79 Å². The lowest BCUT2D eigenvalue weighted by Gasteiger charge is -2.06. The molecule has 0 aromatic carbocycles. The van der Waals surface area contributed by atoms with E-state index in [1.807, 2.05) is 11.8 Å². The molecular weight excluding hydrogens is 180 g/mol. The molecule has 0 saturated heterocycles. The summed E-state index contributed by atoms with van der Waals surface area (Å²) in [6.07, 6.45) is 6.81. The van der Waals surface area contributed by atoms with Crippen molar-refractivity contribution in [2.75, 3.05) is 11.5 Å². The average Bonchev–Trinajstić information content (AvgIpc) is 2.65. The van der Waals surface area contributed by atoms with Gasteiger partial charge in [-0.05, 0) is 30.8 Å². The smallest absolute Gasteiger partial charge is 0.136 e. The van der Waals surface area contributed by atoms with E-state index in [9.17, 15) is 4.79 Å². The summed E-state index contributed by atoms with van der Waals surface area (Å²) >= 11 is 1.94. The zero-order valence-corrected chi connectivity index (χ0v) is 9.37. The van der Waals surface area contributed by atoms with Gasteiger partial charge >= 0.3 is 0 Å². The Kier molecular flexibility index (Phi) is 5.52. The van der Waals surface area contributed by atoms with Crippen LogP contribution in [0.15, 0.2) is 0 Å². The Labute approximate surface area is 85.7 Å². The van der Waals surface area contributed by atoms with E-state index in [0.717, 1.165) is 18.6 Å². The van der Waals surface area contributed by atoms with Crippen LogP contribution in [0.25, 0.3) is 0 Å². The maximum atomic E-state index is 11.6. The van der Waals surface area contributed by atoms with Gasteiger partial charge in [-0.25, -0.2) is 0 Å². The number of hydrogen-bond acceptors (Lipinski definition) is 2. The van der Waals surface area contributed by atoms with Gasteiger partial charge in [0.15, 0.2) is 0 Å². The van der Waals surface area contributed by atoms with Crippen LogP contribution in [0.5, 0.6) is 0 Å². The molecule has 1 fully saturated rings. The Morgan fingerprint density at radius 3 is 2.69 bits per heavy atom. The lowest BCUT2D eigenvalue weighted by Crippen LogP contribution is -2.10. The van der Waals surface area contributed by atoms with Gasteiger partial charge in [0, 0.05) is 12.3 Å². The molecule has 1 rings (SSSR count). The van der Waals surface area contributed by atoms with Gasteiger partial charge in [0.2, 0.25) is 0 Å². The second kappa shape index (κ2) is 6.47. The zero-order valence-electron chi connectivity index (χ0n) is 8.55. The highest BCUT2D eigenvalue weighted by atomic mass is 32.2. The molecule has 1 aliphatic rings. The minimum atomic E-state index is 0.437. The molecule has 2 heteroatoms. The predicted octanol–water partition coefficient (Wildman–Crippen LogP) is 3.28. The van der Waals surface area contributed by atoms with E-state index >= 15 is 0 Å². The molecule has 76 valence electrons. The molecule has 0 spiro atoms. The van der Waals surface area contributed by atoms with Crippen LogP contribution in [0.1, 0.15) is 45.4 Å². The van der Waals surface area contributed by atoms with Gasteiger partial charge in [0.25, 0.3) is 0 Å². The molecule has 0 amide bonds. The number of thioether (sulfide) groups is 1. The summed E-state index contributed by atoms with van der Waals surface area (Å²) in [6.45, 7) is 2.17. The molecule has 0 aromatic heterocycles. The topological polar surface area (TPSA) is 17.1 Å². The first-order valence-electron chi connectivity index (χ1n) is 5.45. The number of carbonyl (C=O) groups is 1. The van der Waals surface area contributed by atoms with Gasteiger partial charge in [-0.2, -0.15) is 11.8 Å². The summed E-state index contributed by atoms with van der Waals surface area (Å²) in [6, 6.07) is 0. The summed E-state index contributed by atoms with van der Waals surface area (Å²) in [4.78, 5) is 11.6. The third-order valence-corrected chi connectivity index (χ3v) is 3.71. The van der Waals surface area contributed by atoms with E-state index in [4.69, 9.17) is 0 Å². The van der Waals surface area contributed by atoms with E-state index in [1.54, 1.807) is 0 Å². The Bertz CT molecular complexity index is 150. The first kappa shape index (κ1) is 11.1. The molecule has 0 heterocycles. The number of hydrogen-bond donors (Lipinski definition) is 0. The quantitative estimate of drug-likeness (QED) is 0.612. The van der Waals surface area contributed by atoms with Crippen molar-refractivity contribution < 1.29 is 4.79 Å². The molecule has 0 atom stereocenters. The fraction of sp³-hybridized carbons (Fsp3) is 0.909. The molecule has 1 aliphatic carbocycles. The monoisotopic (exact) mass is 200 g/mol. The molecule has 0 aromatic rings. The van der Waals surface area contributed by atoms with Gasteiger partial charge in [0.05, 0.1) is 0 Å². The average molecular weight is 200 g/mol. The van der Waals surface area contributed by atoms with Crippen molar-refractivity contribution in [1.29, 1.82) is 0 Å². The normalized spacial score (nSPS) is 17.9. The van der Waals surface area contributed by atoms with Gasteiger partial charge < -0.3 is 0 Å². The van der Waals surface area contributed by atoms with E-state index < -0.39 is 0 Å². The van der Waals surface area contributed by atoms with E-state index in [1.165, 1.54) is 31.4 Å². The van der Waals surface area contributed by atoms with E-state index in [-0.39, 0.29) is 0 Å². The minimum absolute atomic E-state index is 0.437.